The smallest absolute Gasteiger partial charge is 0.189 e. The zero-order valence-corrected chi connectivity index (χ0v) is 18.0. The van der Waals surface area contributed by atoms with Crippen molar-refractivity contribution in [3.63, 3.8) is 0 Å². The molecule has 2 aromatic heterocycles. The Hall–Kier alpha value is -3.19. The van der Waals surface area contributed by atoms with Gasteiger partial charge in [0, 0.05) is 29.3 Å². The minimum absolute atomic E-state index is 0.0863. The Balaban J connectivity index is 1.11. The second-order valence-electron chi connectivity index (χ2n) is 8.86. The summed E-state index contributed by atoms with van der Waals surface area (Å²) < 4.78 is 26.0. The largest absolute Gasteiger partial charge is 0.486 e. The Labute approximate surface area is 185 Å². The number of nitrogens with one attached hydrogen (secondary N) is 2. The number of hydrogen-bond donors (Lipinski definition) is 2. The number of aromatic amines is 1. The Morgan fingerprint density at radius 2 is 2.16 bits per heavy atom. The van der Waals surface area contributed by atoms with E-state index in [1.807, 2.05) is 25.1 Å². The zero-order valence-electron chi connectivity index (χ0n) is 18.0. The molecule has 3 heterocycles. The molecule has 164 valence electrons. The van der Waals surface area contributed by atoms with E-state index in [1.54, 1.807) is 12.3 Å². The van der Waals surface area contributed by atoms with Crippen molar-refractivity contribution in [2.24, 2.45) is 5.92 Å². The van der Waals surface area contributed by atoms with Crippen molar-refractivity contribution in [2.75, 3.05) is 19.7 Å². The highest BCUT2D eigenvalue weighted by atomic mass is 19.1. The summed E-state index contributed by atoms with van der Waals surface area (Å²) in [6.45, 7) is 4.01. The first-order valence-corrected chi connectivity index (χ1v) is 11.2. The van der Waals surface area contributed by atoms with E-state index >= 15 is 0 Å². The second-order valence-corrected chi connectivity index (χ2v) is 8.86. The number of ether oxygens (including phenoxy) is 2. The van der Waals surface area contributed by atoms with Crippen LogP contribution in [0.1, 0.15) is 23.4 Å². The maximum Gasteiger partial charge on any atom is 0.189 e. The van der Waals surface area contributed by atoms with Gasteiger partial charge in [-0.1, -0.05) is 0 Å². The molecule has 6 rings (SSSR count). The summed E-state index contributed by atoms with van der Waals surface area (Å²) in [6.07, 6.45) is 4.74. The van der Waals surface area contributed by atoms with E-state index < -0.39 is 0 Å². The Morgan fingerprint density at radius 1 is 1.22 bits per heavy atom. The van der Waals surface area contributed by atoms with Crippen molar-refractivity contribution in [2.45, 2.75) is 32.3 Å². The van der Waals surface area contributed by atoms with Gasteiger partial charge in [0.2, 0.25) is 0 Å². The number of nitrogens with zero attached hydrogens (tertiary/aromatic N) is 2. The fourth-order valence-corrected chi connectivity index (χ4v) is 4.92. The summed E-state index contributed by atoms with van der Waals surface area (Å²) in [7, 11) is 0. The van der Waals surface area contributed by atoms with Gasteiger partial charge in [-0.15, -0.1) is 0 Å². The van der Waals surface area contributed by atoms with Gasteiger partial charge in [-0.2, -0.15) is 0 Å². The lowest BCUT2D eigenvalue weighted by atomic mass is 9.86. The van der Waals surface area contributed by atoms with E-state index in [0.717, 1.165) is 59.2 Å². The fraction of sp³-hybridized carbons (Fsp3) is 0.360. The molecule has 2 aromatic carbocycles. The lowest BCUT2D eigenvalue weighted by Gasteiger charge is -2.28. The van der Waals surface area contributed by atoms with Crippen LogP contribution in [0.2, 0.25) is 0 Å². The van der Waals surface area contributed by atoms with Crippen LogP contribution in [0.5, 0.6) is 11.5 Å². The summed E-state index contributed by atoms with van der Waals surface area (Å²) in [5, 5.41) is 4.59. The minimum Gasteiger partial charge on any atom is -0.486 e. The van der Waals surface area contributed by atoms with E-state index in [-0.39, 0.29) is 11.9 Å². The summed E-state index contributed by atoms with van der Waals surface area (Å²) in [5.74, 6) is 1.73. The van der Waals surface area contributed by atoms with Crippen molar-refractivity contribution in [3.05, 3.63) is 59.3 Å². The molecular formula is C25H25FN4O2. The molecule has 6 nitrogen and oxygen atoms in total. The van der Waals surface area contributed by atoms with E-state index in [1.165, 1.54) is 17.3 Å². The van der Waals surface area contributed by atoms with Crippen LogP contribution >= 0.6 is 0 Å². The van der Waals surface area contributed by atoms with Crippen LogP contribution in [0, 0.1) is 18.7 Å². The minimum atomic E-state index is -0.179. The number of aromatic nitrogens is 3. The Morgan fingerprint density at radius 3 is 3.09 bits per heavy atom. The lowest BCUT2D eigenvalue weighted by Crippen LogP contribution is -2.40. The zero-order chi connectivity index (χ0) is 21.7. The van der Waals surface area contributed by atoms with Crippen molar-refractivity contribution in [1.82, 2.24) is 20.3 Å². The molecule has 7 heteroatoms. The predicted molar refractivity (Wildman–Crippen MR) is 121 cm³/mol. The molecule has 4 aromatic rings. The number of aryl methyl sites for hydroxylation is 2. The third kappa shape index (κ3) is 3.46. The molecular weight excluding hydrogens is 407 g/mol. The molecule has 0 bridgehead atoms. The average Bonchev–Trinajstić information content (AvgIpc) is 3.16. The van der Waals surface area contributed by atoms with E-state index in [4.69, 9.17) is 9.47 Å². The molecule has 0 saturated carbocycles. The molecule has 1 aliphatic heterocycles. The molecule has 0 amide bonds. The number of benzene rings is 2. The van der Waals surface area contributed by atoms with Gasteiger partial charge in [-0.25, -0.2) is 9.37 Å². The van der Waals surface area contributed by atoms with Crippen LogP contribution in [0.25, 0.3) is 21.9 Å². The van der Waals surface area contributed by atoms with Crippen LogP contribution in [0.3, 0.4) is 0 Å². The fourth-order valence-electron chi connectivity index (χ4n) is 4.92. The summed E-state index contributed by atoms with van der Waals surface area (Å²) in [6, 6.07) is 8.82. The molecule has 2 atom stereocenters. The van der Waals surface area contributed by atoms with Crippen molar-refractivity contribution < 1.29 is 13.9 Å². The average molecular weight is 432 g/mol. The maximum atomic E-state index is 13.8. The number of rotatable bonds is 4. The van der Waals surface area contributed by atoms with Gasteiger partial charge in [-0.05, 0) is 74.5 Å². The van der Waals surface area contributed by atoms with Gasteiger partial charge >= 0.3 is 0 Å². The quantitative estimate of drug-likeness (QED) is 0.508. The highest BCUT2D eigenvalue weighted by Gasteiger charge is 2.26. The monoisotopic (exact) mass is 432 g/mol. The first kappa shape index (κ1) is 19.5. The summed E-state index contributed by atoms with van der Waals surface area (Å²) >= 11 is 0. The third-order valence-electron chi connectivity index (χ3n) is 6.52. The van der Waals surface area contributed by atoms with E-state index in [0.29, 0.717) is 24.8 Å². The SMILES string of the molecule is Cc1cnc2ccc3c(c2n1)O[C@@H](CNC[C@@H]1CCc2[nH]c4ccc(F)cc4c2C1)CO3. The maximum absolute atomic E-state index is 13.8. The first-order valence-electron chi connectivity index (χ1n) is 11.2. The highest BCUT2D eigenvalue weighted by Crippen LogP contribution is 2.37. The molecule has 2 aliphatic rings. The molecule has 0 saturated heterocycles. The van der Waals surface area contributed by atoms with Crippen LogP contribution in [0.4, 0.5) is 4.39 Å². The predicted octanol–water partition coefficient (Wildman–Crippen LogP) is 4.09. The molecule has 0 unspecified atom stereocenters. The molecule has 0 spiro atoms. The van der Waals surface area contributed by atoms with Gasteiger partial charge < -0.3 is 19.8 Å². The van der Waals surface area contributed by atoms with Crippen molar-refractivity contribution in [3.8, 4) is 11.5 Å². The van der Waals surface area contributed by atoms with Gasteiger partial charge in [0.05, 0.1) is 11.2 Å². The summed E-state index contributed by atoms with van der Waals surface area (Å²) in [5.41, 5.74) is 5.96. The molecule has 32 heavy (non-hydrogen) atoms. The molecule has 0 radical (unpaired) electrons. The van der Waals surface area contributed by atoms with Gasteiger partial charge in [-0.3, -0.25) is 4.98 Å². The summed E-state index contributed by atoms with van der Waals surface area (Å²) in [4.78, 5) is 12.5. The number of hydrogen-bond acceptors (Lipinski definition) is 5. The molecule has 0 fully saturated rings. The van der Waals surface area contributed by atoms with E-state index in [9.17, 15) is 4.39 Å². The third-order valence-corrected chi connectivity index (χ3v) is 6.52. The molecule has 1 aliphatic carbocycles. The Bertz CT molecular complexity index is 1320. The van der Waals surface area contributed by atoms with E-state index in [2.05, 4.69) is 20.3 Å². The standard InChI is InChI=1S/C25H25FN4O2/c1-14-10-28-22-6-7-23-25(24(22)29-14)32-17(13-31-23)12-27-11-15-2-4-20-18(8-15)19-9-16(26)3-5-21(19)30-20/h3,5-7,9-10,15,17,27,30H,2,4,8,11-13H2,1H3/t15-,17+/m1/s1. The van der Waals surface area contributed by atoms with Crippen molar-refractivity contribution >= 4 is 21.9 Å². The number of fused-ring (bicyclic) bond motifs is 6. The second kappa shape index (κ2) is 7.74. The van der Waals surface area contributed by atoms with Crippen LogP contribution < -0.4 is 14.8 Å². The van der Waals surface area contributed by atoms with Crippen molar-refractivity contribution in [1.29, 1.82) is 0 Å². The topological polar surface area (TPSA) is 72.1 Å². The highest BCUT2D eigenvalue weighted by molar-refractivity contribution is 5.85. The van der Waals surface area contributed by atoms with Crippen LogP contribution in [-0.2, 0) is 12.8 Å². The first-order chi connectivity index (χ1) is 15.6. The van der Waals surface area contributed by atoms with Gasteiger partial charge in [0.15, 0.2) is 11.5 Å². The normalized spacial score (nSPS) is 19.9. The molecule has 2 N–H and O–H groups in total. The number of halogens is 1. The Kier molecular flexibility index (Phi) is 4.72. The lowest BCUT2D eigenvalue weighted by molar-refractivity contribution is 0.0912. The van der Waals surface area contributed by atoms with Gasteiger partial charge in [0.1, 0.15) is 24.0 Å². The van der Waals surface area contributed by atoms with Gasteiger partial charge in [0.25, 0.3) is 0 Å². The number of H-pyrrole nitrogens is 1. The van der Waals surface area contributed by atoms with Crippen LogP contribution in [-0.4, -0.2) is 40.8 Å². The van der Waals surface area contributed by atoms with Crippen LogP contribution in [0.15, 0.2) is 36.5 Å².